The molecule has 2 aromatic rings. The largest absolute Gasteiger partial charge is 0.395 e. The summed E-state index contributed by atoms with van der Waals surface area (Å²) in [4.78, 5) is 0. The standard InChI is InChI=1S/C17H18N2O/c18-11-15-7-4-8-16(9-15)12-19-17(13-20)10-14-5-2-1-3-6-14/h1-9,17,19-20H,10,12-13H2. The number of nitrogens with one attached hydrogen (secondary N) is 1. The molecule has 0 bridgehead atoms. The van der Waals surface area contributed by atoms with Gasteiger partial charge in [-0.2, -0.15) is 5.26 Å². The fourth-order valence-corrected chi connectivity index (χ4v) is 2.11. The second-order valence-corrected chi connectivity index (χ2v) is 4.76. The van der Waals surface area contributed by atoms with Gasteiger partial charge in [0.15, 0.2) is 0 Å². The van der Waals surface area contributed by atoms with Crippen LogP contribution in [-0.2, 0) is 13.0 Å². The van der Waals surface area contributed by atoms with Crippen molar-refractivity contribution in [1.82, 2.24) is 5.32 Å². The van der Waals surface area contributed by atoms with Crippen molar-refractivity contribution in [3.63, 3.8) is 0 Å². The third-order valence-corrected chi connectivity index (χ3v) is 3.20. The van der Waals surface area contributed by atoms with Gasteiger partial charge in [-0.15, -0.1) is 0 Å². The zero-order valence-corrected chi connectivity index (χ0v) is 11.3. The maximum Gasteiger partial charge on any atom is 0.0991 e. The highest BCUT2D eigenvalue weighted by molar-refractivity contribution is 5.32. The third kappa shape index (κ3) is 4.20. The molecule has 2 N–H and O–H groups in total. The van der Waals surface area contributed by atoms with Crippen LogP contribution in [0, 0.1) is 11.3 Å². The van der Waals surface area contributed by atoms with Crippen LogP contribution in [0.4, 0.5) is 0 Å². The fourth-order valence-electron chi connectivity index (χ4n) is 2.11. The Morgan fingerprint density at radius 3 is 2.50 bits per heavy atom. The van der Waals surface area contributed by atoms with Gasteiger partial charge in [-0.25, -0.2) is 0 Å². The van der Waals surface area contributed by atoms with E-state index in [1.165, 1.54) is 5.56 Å². The van der Waals surface area contributed by atoms with E-state index >= 15 is 0 Å². The minimum absolute atomic E-state index is 0.0168. The van der Waals surface area contributed by atoms with Crippen LogP contribution < -0.4 is 5.32 Å². The molecule has 0 fully saturated rings. The van der Waals surface area contributed by atoms with Crippen molar-refractivity contribution in [2.24, 2.45) is 0 Å². The molecular weight excluding hydrogens is 248 g/mol. The van der Waals surface area contributed by atoms with E-state index in [1.54, 1.807) is 6.07 Å². The number of hydrogen-bond acceptors (Lipinski definition) is 3. The lowest BCUT2D eigenvalue weighted by molar-refractivity contribution is 0.241. The number of benzene rings is 2. The van der Waals surface area contributed by atoms with Gasteiger partial charge in [0.2, 0.25) is 0 Å². The van der Waals surface area contributed by atoms with Crippen molar-refractivity contribution < 1.29 is 5.11 Å². The highest BCUT2D eigenvalue weighted by Gasteiger charge is 2.07. The van der Waals surface area contributed by atoms with E-state index in [1.807, 2.05) is 36.4 Å². The van der Waals surface area contributed by atoms with Crippen LogP contribution in [-0.4, -0.2) is 17.8 Å². The van der Waals surface area contributed by atoms with Crippen LogP contribution in [0.2, 0.25) is 0 Å². The second kappa shape index (κ2) is 7.44. The topological polar surface area (TPSA) is 56.0 Å². The molecular formula is C17H18N2O. The van der Waals surface area contributed by atoms with Gasteiger partial charge in [0.05, 0.1) is 18.2 Å². The van der Waals surface area contributed by atoms with Crippen LogP contribution in [0.15, 0.2) is 54.6 Å². The summed E-state index contributed by atoms with van der Waals surface area (Å²) in [5.41, 5.74) is 2.91. The predicted molar refractivity (Wildman–Crippen MR) is 79.0 cm³/mol. The Kier molecular flexibility index (Phi) is 5.31. The lowest BCUT2D eigenvalue weighted by Gasteiger charge is -2.16. The first-order valence-corrected chi connectivity index (χ1v) is 6.69. The molecule has 3 heteroatoms. The lowest BCUT2D eigenvalue weighted by Crippen LogP contribution is -2.34. The van der Waals surface area contributed by atoms with Crippen molar-refractivity contribution in [2.45, 2.75) is 19.0 Å². The predicted octanol–water partition coefficient (Wildman–Crippen LogP) is 2.25. The smallest absolute Gasteiger partial charge is 0.0991 e. The summed E-state index contributed by atoms with van der Waals surface area (Å²) in [5, 5.41) is 21.6. The average molecular weight is 266 g/mol. The molecule has 0 aromatic heterocycles. The van der Waals surface area contributed by atoms with E-state index in [-0.39, 0.29) is 12.6 Å². The van der Waals surface area contributed by atoms with Crippen LogP contribution in [0.25, 0.3) is 0 Å². The van der Waals surface area contributed by atoms with Crippen LogP contribution in [0.1, 0.15) is 16.7 Å². The summed E-state index contributed by atoms with van der Waals surface area (Å²) in [5.74, 6) is 0. The highest BCUT2D eigenvalue weighted by Crippen LogP contribution is 2.06. The maximum absolute atomic E-state index is 9.45. The number of hydrogen-bond donors (Lipinski definition) is 2. The van der Waals surface area contributed by atoms with E-state index < -0.39 is 0 Å². The molecule has 0 heterocycles. The van der Waals surface area contributed by atoms with E-state index in [9.17, 15) is 5.11 Å². The zero-order valence-electron chi connectivity index (χ0n) is 11.3. The van der Waals surface area contributed by atoms with E-state index in [0.717, 1.165) is 12.0 Å². The molecule has 102 valence electrons. The minimum atomic E-state index is 0.0168. The normalized spacial score (nSPS) is 11.8. The van der Waals surface area contributed by atoms with Gasteiger partial charge in [-0.05, 0) is 29.7 Å². The number of aliphatic hydroxyl groups excluding tert-OH is 1. The summed E-state index contributed by atoms with van der Waals surface area (Å²) >= 11 is 0. The first-order chi connectivity index (χ1) is 9.81. The van der Waals surface area contributed by atoms with Crippen molar-refractivity contribution in [1.29, 1.82) is 5.26 Å². The molecule has 2 rings (SSSR count). The molecule has 20 heavy (non-hydrogen) atoms. The Bertz CT molecular complexity index is 575. The van der Waals surface area contributed by atoms with E-state index in [2.05, 4.69) is 23.5 Å². The fraction of sp³-hybridized carbons (Fsp3) is 0.235. The van der Waals surface area contributed by atoms with Crippen molar-refractivity contribution in [3.8, 4) is 6.07 Å². The Morgan fingerprint density at radius 2 is 1.80 bits per heavy atom. The highest BCUT2D eigenvalue weighted by atomic mass is 16.3. The lowest BCUT2D eigenvalue weighted by atomic mass is 10.1. The summed E-state index contributed by atoms with van der Waals surface area (Å²) in [6.07, 6.45) is 0.787. The molecule has 1 unspecified atom stereocenters. The van der Waals surface area contributed by atoms with Gasteiger partial charge in [0, 0.05) is 12.6 Å². The van der Waals surface area contributed by atoms with Crippen molar-refractivity contribution >= 4 is 0 Å². The van der Waals surface area contributed by atoms with Crippen LogP contribution >= 0.6 is 0 Å². The van der Waals surface area contributed by atoms with Gasteiger partial charge in [0.25, 0.3) is 0 Å². The van der Waals surface area contributed by atoms with Crippen molar-refractivity contribution in [2.75, 3.05) is 6.61 Å². The Balaban J connectivity index is 1.92. The first-order valence-electron chi connectivity index (χ1n) is 6.69. The number of aliphatic hydroxyl groups is 1. The third-order valence-electron chi connectivity index (χ3n) is 3.20. The molecule has 0 spiro atoms. The van der Waals surface area contributed by atoms with Gasteiger partial charge < -0.3 is 10.4 Å². The zero-order chi connectivity index (χ0) is 14.2. The monoisotopic (exact) mass is 266 g/mol. The first kappa shape index (κ1) is 14.3. The molecule has 3 nitrogen and oxygen atoms in total. The molecule has 0 radical (unpaired) electrons. The molecule has 1 atom stereocenters. The molecule has 0 saturated carbocycles. The summed E-state index contributed by atoms with van der Waals surface area (Å²) < 4.78 is 0. The summed E-state index contributed by atoms with van der Waals surface area (Å²) in [7, 11) is 0. The number of rotatable bonds is 6. The maximum atomic E-state index is 9.45. The van der Waals surface area contributed by atoms with Gasteiger partial charge in [0.1, 0.15) is 0 Å². The Hall–Kier alpha value is -2.15. The molecule has 2 aromatic carbocycles. The molecule has 0 amide bonds. The number of nitrogens with zero attached hydrogens (tertiary/aromatic N) is 1. The second-order valence-electron chi connectivity index (χ2n) is 4.76. The molecule has 0 aliphatic heterocycles. The number of nitriles is 1. The molecule has 0 aliphatic rings. The minimum Gasteiger partial charge on any atom is -0.395 e. The van der Waals surface area contributed by atoms with E-state index in [0.29, 0.717) is 12.1 Å². The summed E-state index contributed by atoms with van der Waals surface area (Å²) in [6, 6.07) is 19.8. The Labute approximate surface area is 119 Å². The van der Waals surface area contributed by atoms with Gasteiger partial charge >= 0.3 is 0 Å². The SMILES string of the molecule is N#Cc1cccc(CNC(CO)Cc2ccccc2)c1. The molecule has 0 aliphatic carbocycles. The van der Waals surface area contributed by atoms with Crippen molar-refractivity contribution in [3.05, 3.63) is 71.3 Å². The van der Waals surface area contributed by atoms with Gasteiger partial charge in [-0.3, -0.25) is 0 Å². The summed E-state index contributed by atoms with van der Waals surface area (Å²) in [6.45, 7) is 0.737. The van der Waals surface area contributed by atoms with E-state index in [4.69, 9.17) is 5.26 Å². The quantitative estimate of drug-likeness (QED) is 0.843. The van der Waals surface area contributed by atoms with Crippen LogP contribution in [0.5, 0.6) is 0 Å². The molecule has 0 saturated heterocycles. The Morgan fingerprint density at radius 1 is 1.05 bits per heavy atom. The van der Waals surface area contributed by atoms with Gasteiger partial charge in [-0.1, -0.05) is 42.5 Å². The average Bonchev–Trinajstić information content (AvgIpc) is 2.52. The van der Waals surface area contributed by atoms with Crippen LogP contribution in [0.3, 0.4) is 0 Å².